The van der Waals surface area contributed by atoms with Gasteiger partial charge in [0.05, 0.1) is 22.7 Å². The third kappa shape index (κ3) is 8.18. The highest BCUT2D eigenvalue weighted by Crippen LogP contribution is 2.25. The Balaban J connectivity index is 0.000000989. The molecule has 29 heavy (non-hydrogen) atoms. The summed E-state index contributed by atoms with van der Waals surface area (Å²) in [5, 5.41) is 17.1. The average Bonchev–Trinajstić information content (AvgIpc) is 2.76. The minimum Gasteiger partial charge on any atom is -0.151 e. The van der Waals surface area contributed by atoms with Gasteiger partial charge in [-0.15, -0.1) is 0 Å². The smallest absolute Gasteiger partial charge is 0.0886 e. The maximum atomic E-state index is 4.32. The number of benzene rings is 3. The van der Waals surface area contributed by atoms with Gasteiger partial charge in [0.25, 0.3) is 0 Å². The van der Waals surface area contributed by atoms with Gasteiger partial charge in [-0.25, -0.2) is 0 Å². The number of hydrogen-bond acceptors (Lipinski definition) is 4. The van der Waals surface area contributed by atoms with Gasteiger partial charge in [-0.1, -0.05) is 63.1 Å². The van der Waals surface area contributed by atoms with Crippen LogP contribution < -0.4 is 0 Å². The summed E-state index contributed by atoms with van der Waals surface area (Å²) in [5.74, 6) is 0. The summed E-state index contributed by atoms with van der Waals surface area (Å²) in [4.78, 5) is 0. The Hall–Kier alpha value is -3.14. The van der Waals surface area contributed by atoms with Crippen molar-refractivity contribution in [2.24, 2.45) is 20.5 Å². The summed E-state index contributed by atoms with van der Waals surface area (Å²) in [5.41, 5.74) is 6.84. The van der Waals surface area contributed by atoms with E-state index in [4.69, 9.17) is 0 Å². The minimum atomic E-state index is 0.783. The summed E-state index contributed by atoms with van der Waals surface area (Å²) in [7, 11) is 0. The topological polar surface area (TPSA) is 49.4 Å². The molecule has 0 unspecified atom stereocenters. The average molecular weight is 389 g/mol. The van der Waals surface area contributed by atoms with Gasteiger partial charge in [-0.05, 0) is 68.8 Å². The van der Waals surface area contributed by atoms with Crippen LogP contribution in [0.5, 0.6) is 0 Å². The Morgan fingerprint density at radius 3 is 1.28 bits per heavy atom. The molecule has 0 N–H and O–H groups in total. The SMILES string of the molecule is CC.CC.Cc1ccc(N=Nc2ccc(N=Nc3ccc(C)cc3C)cc2)cc1. The monoisotopic (exact) mass is 388 g/mol. The third-order valence-corrected chi connectivity index (χ3v) is 3.79. The molecule has 0 fully saturated rings. The predicted octanol–water partition coefficient (Wildman–Crippen LogP) is 9.50. The summed E-state index contributed by atoms with van der Waals surface area (Å²) in [6.45, 7) is 14.2. The van der Waals surface area contributed by atoms with Crippen molar-refractivity contribution >= 4 is 22.7 Å². The van der Waals surface area contributed by atoms with Gasteiger partial charge >= 0.3 is 0 Å². The van der Waals surface area contributed by atoms with Crippen LogP contribution in [0.25, 0.3) is 0 Å². The molecule has 0 heterocycles. The van der Waals surface area contributed by atoms with E-state index in [1.54, 1.807) is 0 Å². The molecule has 0 atom stereocenters. The van der Waals surface area contributed by atoms with Gasteiger partial charge in [0.1, 0.15) is 0 Å². The Morgan fingerprint density at radius 1 is 0.448 bits per heavy atom. The first-order chi connectivity index (χ1) is 14.1. The fourth-order valence-corrected chi connectivity index (χ4v) is 2.34. The Morgan fingerprint density at radius 2 is 0.828 bits per heavy atom. The van der Waals surface area contributed by atoms with E-state index in [1.165, 1.54) is 11.1 Å². The van der Waals surface area contributed by atoms with Gasteiger partial charge in [0, 0.05) is 0 Å². The molecular weight excluding hydrogens is 356 g/mol. The van der Waals surface area contributed by atoms with Crippen molar-refractivity contribution in [2.45, 2.75) is 48.5 Å². The molecule has 152 valence electrons. The highest BCUT2D eigenvalue weighted by molar-refractivity contribution is 5.50. The first kappa shape index (κ1) is 23.9. The molecule has 0 aliphatic carbocycles. The highest BCUT2D eigenvalue weighted by atomic mass is 15.1. The first-order valence-electron chi connectivity index (χ1n) is 10.2. The summed E-state index contributed by atoms with van der Waals surface area (Å²) in [6.07, 6.45) is 0. The van der Waals surface area contributed by atoms with Crippen LogP contribution in [-0.4, -0.2) is 0 Å². The van der Waals surface area contributed by atoms with Crippen molar-refractivity contribution in [3.63, 3.8) is 0 Å². The van der Waals surface area contributed by atoms with Crippen molar-refractivity contribution in [3.05, 3.63) is 83.4 Å². The van der Waals surface area contributed by atoms with Crippen LogP contribution in [0.2, 0.25) is 0 Å². The molecule has 3 aromatic carbocycles. The van der Waals surface area contributed by atoms with Crippen molar-refractivity contribution in [3.8, 4) is 0 Å². The minimum absolute atomic E-state index is 0.783. The number of aryl methyl sites for hydroxylation is 3. The maximum Gasteiger partial charge on any atom is 0.0886 e. The zero-order chi connectivity index (χ0) is 21.6. The van der Waals surface area contributed by atoms with E-state index in [-0.39, 0.29) is 0 Å². The second-order valence-corrected chi connectivity index (χ2v) is 6.04. The molecule has 0 amide bonds. The van der Waals surface area contributed by atoms with Crippen LogP contribution >= 0.6 is 0 Å². The zero-order valence-electron chi connectivity index (χ0n) is 18.6. The normalized spacial score (nSPS) is 10.3. The molecule has 3 aromatic rings. The van der Waals surface area contributed by atoms with E-state index >= 15 is 0 Å². The largest absolute Gasteiger partial charge is 0.151 e. The standard InChI is InChI=1S/C21H20N4.2C2H6/c1-15-4-7-18(8-5-15)22-23-19-9-11-20(12-10-19)24-25-21-13-6-16(2)14-17(21)3;2*1-2/h4-14H,1-3H3;2*1-2H3. The van der Waals surface area contributed by atoms with E-state index in [1.807, 2.05) is 102 Å². The van der Waals surface area contributed by atoms with Crippen molar-refractivity contribution in [1.82, 2.24) is 0 Å². The molecule has 4 heteroatoms. The Kier molecular flexibility index (Phi) is 10.8. The third-order valence-electron chi connectivity index (χ3n) is 3.79. The van der Waals surface area contributed by atoms with Crippen molar-refractivity contribution < 1.29 is 0 Å². The van der Waals surface area contributed by atoms with Gasteiger partial charge in [0.2, 0.25) is 0 Å². The van der Waals surface area contributed by atoms with Gasteiger partial charge in [0.15, 0.2) is 0 Å². The van der Waals surface area contributed by atoms with E-state index in [0.717, 1.165) is 28.3 Å². The Labute approximate surface area is 175 Å². The van der Waals surface area contributed by atoms with Crippen LogP contribution in [0.1, 0.15) is 44.4 Å². The Bertz CT molecular complexity index is 909. The molecule has 0 saturated heterocycles. The van der Waals surface area contributed by atoms with E-state index in [0.29, 0.717) is 0 Å². The van der Waals surface area contributed by atoms with Crippen LogP contribution in [0.15, 0.2) is 87.2 Å². The lowest BCUT2D eigenvalue weighted by Gasteiger charge is -2.00. The number of azo groups is 2. The van der Waals surface area contributed by atoms with Crippen molar-refractivity contribution in [2.75, 3.05) is 0 Å². The predicted molar refractivity (Wildman–Crippen MR) is 125 cm³/mol. The quantitative estimate of drug-likeness (QED) is 0.399. The lowest BCUT2D eigenvalue weighted by molar-refractivity contribution is 1.19. The molecular formula is C25H32N4. The maximum absolute atomic E-state index is 4.32. The van der Waals surface area contributed by atoms with E-state index in [2.05, 4.69) is 33.4 Å². The van der Waals surface area contributed by atoms with E-state index < -0.39 is 0 Å². The fourth-order valence-electron chi connectivity index (χ4n) is 2.34. The fraction of sp³-hybridized carbons (Fsp3) is 0.280. The van der Waals surface area contributed by atoms with Gasteiger partial charge < -0.3 is 0 Å². The lowest BCUT2D eigenvalue weighted by Crippen LogP contribution is -1.76. The van der Waals surface area contributed by atoms with Crippen LogP contribution in [-0.2, 0) is 0 Å². The number of nitrogens with zero attached hydrogens (tertiary/aromatic N) is 4. The zero-order valence-corrected chi connectivity index (χ0v) is 18.6. The number of rotatable bonds is 4. The van der Waals surface area contributed by atoms with Crippen LogP contribution in [0.4, 0.5) is 22.7 Å². The number of hydrogen-bond donors (Lipinski definition) is 0. The molecule has 3 rings (SSSR count). The summed E-state index contributed by atoms with van der Waals surface area (Å²) in [6, 6.07) is 21.6. The molecule has 0 spiro atoms. The summed E-state index contributed by atoms with van der Waals surface area (Å²) < 4.78 is 0. The second kappa shape index (κ2) is 13.1. The molecule has 0 aliphatic rings. The van der Waals surface area contributed by atoms with Gasteiger partial charge in [-0.2, -0.15) is 20.5 Å². The molecule has 0 radical (unpaired) electrons. The molecule has 4 nitrogen and oxygen atoms in total. The van der Waals surface area contributed by atoms with E-state index in [9.17, 15) is 0 Å². The molecule has 0 bridgehead atoms. The second-order valence-electron chi connectivity index (χ2n) is 6.04. The molecule has 0 saturated carbocycles. The van der Waals surface area contributed by atoms with Crippen LogP contribution in [0, 0.1) is 20.8 Å². The lowest BCUT2D eigenvalue weighted by atomic mass is 10.1. The first-order valence-corrected chi connectivity index (χ1v) is 10.2. The van der Waals surface area contributed by atoms with Crippen LogP contribution in [0.3, 0.4) is 0 Å². The summed E-state index contributed by atoms with van der Waals surface area (Å²) >= 11 is 0. The highest BCUT2D eigenvalue weighted by Gasteiger charge is 1.97. The molecule has 0 aliphatic heterocycles. The van der Waals surface area contributed by atoms with Gasteiger partial charge in [-0.3, -0.25) is 0 Å². The molecule has 0 aromatic heterocycles. The van der Waals surface area contributed by atoms with Crippen molar-refractivity contribution in [1.29, 1.82) is 0 Å².